The molecule has 2 rings (SSSR count). The van der Waals surface area contributed by atoms with Crippen LogP contribution in [0.2, 0.25) is 0 Å². The first kappa shape index (κ1) is 24.1. The lowest BCUT2D eigenvalue weighted by Crippen LogP contribution is -2.57. The second kappa shape index (κ2) is 10.8. The number of rotatable bonds is 9. The first-order valence-electron chi connectivity index (χ1n) is 10.2. The molecule has 0 bridgehead atoms. The predicted molar refractivity (Wildman–Crippen MR) is 112 cm³/mol. The molecule has 31 heavy (non-hydrogen) atoms. The molecule has 6 N–H and O–H groups in total. The Hall–Kier alpha value is -3.14. The van der Waals surface area contributed by atoms with Crippen LogP contribution < -0.4 is 16.4 Å². The highest BCUT2D eigenvalue weighted by molar-refractivity contribution is 5.94. The summed E-state index contributed by atoms with van der Waals surface area (Å²) in [5.41, 5.74) is 6.03. The number of amides is 3. The second-order valence-electron chi connectivity index (χ2n) is 7.95. The highest BCUT2D eigenvalue weighted by atomic mass is 16.4. The number of nitrogens with two attached hydrogens (primary N) is 1. The molecule has 1 saturated heterocycles. The standard InChI is InChI=1S/C21H30N4O6/c1-12(2)18(24-19(28)16-4-3-9-25(16)17(27)11-22)20(29)23-15(21(30)31)10-13-5-7-14(26)8-6-13/h5-8,12,15-16,18,26H,3-4,9-11,22H2,1-2H3,(H,23,29)(H,24,28)(H,30,31). The van der Waals surface area contributed by atoms with Gasteiger partial charge >= 0.3 is 5.97 Å². The summed E-state index contributed by atoms with van der Waals surface area (Å²) in [5, 5.41) is 24.0. The molecule has 0 aromatic heterocycles. The Morgan fingerprint density at radius 1 is 1.16 bits per heavy atom. The molecule has 3 amide bonds. The van der Waals surface area contributed by atoms with Crippen molar-refractivity contribution in [2.45, 2.75) is 51.2 Å². The maximum Gasteiger partial charge on any atom is 0.326 e. The number of hydrogen-bond donors (Lipinski definition) is 5. The van der Waals surface area contributed by atoms with E-state index in [-0.39, 0.29) is 30.5 Å². The van der Waals surface area contributed by atoms with E-state index in [0.29, 0.717) is 24.9 Å². The van der Waals surface area contributed by atoms with Gasteiger partial charge in [0.25, 0.3) is 0 Å². The number of nitrogens with zero attached hydrogens (tertiary/aromatic N) is 1. The number of carbonyl (C=O) groups excluding carboxylic acids is 3. The van der Waals surface area contributed by atoms with Crippen LogP contribution in [0.1, 0.15) is 32.3 Å². The van der Waals surface area contributed by atoms with E-state index >= 15 is 0 Å². The van der Waals surface area contributed by atoms with Crippen molar-refractivity contribution in [1.82, 2.24) is 15.5 Å². The Bertz CT molecular complexity index is 811. The zero-order chi connectivity index (χ0) is 23.1. The van der Waals surface area contributed by atoms with Gasteiger partial charge in [0.1, 0.15) is 23.9 Å². The Morgan fingerprint density at radius 2 is 1.81 bits per heavy atom. The lowest BCUT2D eigenvalue weighted by atomic mass is 10.0. The van der Waals surface area contributed by atoms with E-state index in [4.69, 9.17) is 5.73 Å². The van der Waals surface area contributed by atoms with Crippen LogP contribution in [0, 0.1) is 5.92 Å². The van der Waals surface area contributed by atoms with Crippen molar-refractivity contribution in [3.8, 4) is 5.75 Å². The molecule has 0 saturated carbocycles. The second-order valence-corrected chi connectivity index (χ2v) is 7.95. The van der Waals surface area contributed by atoms with Gasteiger partial charge in [-0.2, -0.15) is 0 Å². The van der Waals surface area contributed by atoms with Crippen molar-refractivity contribution in [3.63, 3.8) is 0 Å². The van der Waals surface area contributed by atoms with Crippen LogP contribution in [0.3, 0.4) is 0 Å². The lowest BCUT2D eigenvalue weighted by Gasteiger charge is -2.28. The molecule has 1 fully saturated rings. The van der Waals surface area contributed by atoms with E-state index in [2.05, 4.69) is 10.6 Å². The van der Waals surface area contributed by atoms with Crippen molar-refractivity contribution < 1.29 is 29.4 Å². The fourth-order valence-corrected chi connectivity index (χ4v) is 3.57. The predicted octanol–water partition coefficient (Wildman–Crippen LogP) is -0.405. The zero-order valence-electron chi connectivity index (χ0n) is 17.7. The van der Waals surface area contributed by atoms with Gasteiger partial charge in [-0.3, -0.25) is 14.4 Å². The van der Waals surface area contributed by atoms with E-state index in [9.17, 15) is 29.4 Å². The quantitative estimate of drug-likeness (QED) is 0.353. The van der Waals surface area contributed by atoms with Crippen LogP contribution in [-0.4, -0.2) is 70.0 Å². The molecule has 3 unspecified atom stereocenters. The zero-order valence-corrected chi connectivity index (χ0v) is 17.7. The molecule has 10 nitrogen and oxygen atoms in total. The highest BCUT2D eigenvalue weighted by Crippen LogP contribution is 2.18. The summed E-state index contributed by atoms with van der Waals surface area (Å²) in [6, 6.07) is 3.13. The first-order chi connectivity index (χ1) is 14.6. The molecule has 1 aliphatic heterocycles. The maximum atomic E-state index is 12.8. The number of likely N-dealkylation sites (tertiary alicyclic amines) is 1. The largest absolute Gasteiger partial charge is 0.508 e. The van der Waals surface area contributed by atoms with Crippen molar-refractivity contribution in [3.05, 3.63) is 29.8 Å². The van der Waals surface area contributed by atoms with Crippen LogP contribution in [0.4, 0.5) is 0 Å². The van der Waals surface area contributed by atoms with Crippen molar-refractivity contribution >= 4 is 23.7 Å². The van der Waals surface area contributed by atoms with Crippen molar-refractivity contribution in [2.24, 2.45) is 11.7 Å². The molecule has 3 atom stereocenters. The summed E-state index contributed by atoms with van der Waals surface area (Å²) in [7, 11) is 0. The minimum absolute atomic E-state index is 0.0154. The van der Waals surface area contributed by atoms with Gasteiger partial charge in [0.2, 0.25) is 17.7 Å². The van der Waals surface area contributed by atoms with E-state index in [1.165, 1.54) is 17.0 Å². The van der Waals surface area contributed by atoms with Crippen molar-refractivity contribution in [1.29, 1.82) is 0 Å². The van der Waals surface area contributed by atoms with Gasteiger partial charge in [-0.25, -0.2) is 4.79 Å². The molecule has 0 aliphatic carbocycles. The van der Waals surface area contributed by atoms with Gasteiger partial charge in [-0.15, -0.1) is 0 Å². The van der Waals surface area contributed by atoms with Crippen LogP contribution in [0.15, 0.2) is 24.3 Å². The summed E-state index contributed by atoms with van der Waals surface area (Å²) in [4.78, 5) is 50.7. The molecule has 170 valence electrons. The third-order valence-corrected chi connectivity index (χ3v) is 5.29. The minimum atomic E-state index is -1.22. The molecular formula is C21H30N4O6. The molecule has 10 heteroatoms. The Balaban J connectivity index is 2.07. The fraction of sp³-hybridized carbons (Fsp3) is 0.524. The van der Waals surface area contributed by atoms with Gasteiger partial charge in [-0.1, -0.05) is 26.0 Å². The average molecular weight is 434 g/mol. The highest BCUT2D eigenvalue weighted by Gasteiger charge is 2.36. The average Bonchev–Trinajstić information content (AvgIpc) is 3.21. The number of carboxylic acid groups (broad SMARTS) is 1. The number of phenols is 1. The normalized spacial score (nSPS) is 17.8. The number of aromatic hydroxyl groups is 1. The summed E-state index contributed by atoms with van der Waals surface area (Å²) in [6.45, 7) is 3.70. The SMILES string of the molecule is CC(C)C(NC(=O)C1CCCN1C(=O)CN)C(=O)NC(Cc1ccc(O)cc1)C(=O)O. The summed E-state index contributed by atoms with van der Waals surface area (Å²) < 4.78 is 0. The van der Waals surface area contributed by atoms with Crippen LogP contribution >= 0.6 is 0 Å². The number of carboxylic acids is 1. The van der Waals surface area contributed by atoms with E-state index in [0.717, 1.165) is 0 Å². The molecule has 1 heterocycles. The third-order valence-electron chi connectivity index (χ3n) is 5.29. The number of hydrogen-bond acceptors (Lipinski definition) is 6. The Kier molecular flexibility index (Phi) is 8.38. The number of carbonyl (C=O) groups is 4. The molecule has 1 aromatic rings. The third kappa shape index (κ3) is 6.42. The monoisotopic (exact) mass is 434 g/mol. The fourth-order valence-electron chi connectivity index (χ4n) is 3.57. The minimum Gasteiger partial charge on any atom is -0.508 e. The lowest BCUT2D eigenvalue weighted by molar-refractivity contribution is -0.143. The van der Waals surface area contributed by atoms with E-state index in [1.54, 1.807) is 26.0 Å². The molecule has 1 aromatic carbocycles. The van der Waals surface area contributed by atoms with Gasteiger partial charge < -0.3 is 31.5 Å². The van der Waals surface area contributed by atoms with Gasteiger partial charge in [0.15, 0.2) is 0 Å². The topological polar surface area (TPSA) is 162 Å². The van der Waals surface area contributed by atoms with Gasteiger partial charge in [0, 0.05) is 13.0 Å². The van der Waals surface area contributed by atoms with Crippen LogP contribution in [0.25, 0.3) is 0 Å². The maximum absolute atomic E-state index is 12.8. The van der Waals surface area contributed by atoms with Crippen LogP contribution in [0.5, 0.6) is 5.75 Å². The summed E-state index contributed by atoms with van der Waals surface area (Å²) in [6.07, 6.45) is 1.15. The number of aliphatic carboxylic acids is 1. The smallest absolute Gasteiger partial charge is 0.326 e. The summed E-state index contributed by atoms with van der Waals surface area (Å²) in [5.74, 6) is -2.89. The number of phenolic OH excluding ortho intramolecular Hbond substituents is 1. The van der Waals surface area contributed by atoms with E-state index < -0.39 is 35.9 Å². The van der Waals surface area contributed by atoms with E-state index in [1.807, 2.05) is 0 Å². The Morgan fingerprint density at radius 3 is 2.35 bits per heavy atom. The van der Waals surface area contributed by atoms with Gasteiger partial charge in [-0.05, 0) is 36.5 Å². The van der Waals surface area contributed by atoms with Crippen molar-refractivity contribution in [2.75, 3.05) is 13.1 Å². The number of benzene rings is 1. The molecular weight excluding hydrogens is 404 g/mol. The Labute approximate surface area is 180 Å². The summed E-state index contributed by atoms with van der Waals surface area (Å²) >= 11 is 0. The first-order valence-corrected chi connectivity index (χ1v) is 10.2. The molecule has 1 aliphatic rings. The van der Waals surface area contributed by atoms with Crippen LogP contribution in [-0.2, 0) is 25.6 Å². The van der Waals surface area contributed by atoms with Gasteiger partial charge in [0.05, 0.1) is 6.54 Å². The number of nitrogens with one attached hydrogen (secondary N) is 2. The molecule has 0 radical (unpaired) electrons. The molecule has 0 spiro atoms.